The third-order valence-electron chi connectivity index (χ3n) is 10.9. The van der Waals surface area contributed by atoms with Gasteiger partial charge in [0, 0.05) is 60.4 Å². The highest BCUT2D eigenvalue weighted by atomic mass is 16.3. The van der Waals surface area contributed by atoms with Crippen LogP contribution in [0.3, 0.4) is 0 Å². The maximum atomic E-state index is 6.73. The Labute approximate surface area is 296 Å². The van der Waals surface area contributed by atoms with E-state index in [-0.39, 0.29) is 0 Å². The van der Waals surface area contributed by atoms with E-state index in [1.54, 1.807) is 0 Å². The van der Waals surface area contributed by atoms with Crippen molar-refractivity contribution in [3.05, 3.63) is 170 Å². The molecule has 242 valence electrons. The maximum absolute atomic E-state index is 6.73. The molecule has 0 N–H and O–H groups in total. The van der Waals surface area contributed by atoms with Crippen LogP contribution in [0.1, 0.15) is 0 Å². The van der Waals surface area contributed by atoms with E-state index in [2.05, 4.69) is 167 Å². The summed E-state index contributed by atoms with van der Waals surface area (Å²) < 4.78 is 18.0. The molecule has 0 radical (unpaired) electrons. The molecule has 4 heteroatoms. The minimum Gasteiger partial charge on any atom is -0.456 e. The molecule has 52 heavy (non-hydrogen) atoms. The number of hydrogen-bond acceptors (Lipinski definition) is 2. The van der Waals surface area contributed by atoms with Gasteiger partial charge in [0.15, 0.2) is 0 Å². The minimum atomic E-state index is 0.853. The average Bonchev–Trinajstić information content (AvgIpc) is 3.95. The molecule has 0 aliphatic heterocycles. The molecule has 0 bridgehead atoms. The van der Waals surface area contributed by atoms with E-state index in [0.29, 0.717) is 0 Å². The summed E-state index contributed by atoms with van der Waals surface area (Å²) in [5.74, 6) is 0. The van der Waals surface area contributed by atoms with Crippen molar-refractivity contribution in [1.82, 2.24) is 9.13 Å². The van der Waals surface area contributed by atoms with Gasteiger partial charge in [-0.3, -0.25) is 0 Å². The van der Waals surface area contributed by atoms with Crippen molar-refractivity contribution in [3.63, 3.8) is 0 Å². The Hall–Kier alpha value is -7.04. The fraction of sp³-hybridized carbons (Fsp3) is 0. The third-order valence-corrected chi connectivity index (χ3v) is 10.9. The van der Waals surface area contributed by atoms with Crippen molar-refractivity contribution in [2.24, 2.45) is 0 Å². The Morgan fingerprint density at radius 2 is 0.885 bits per heavy atom. The summed E-state index contributed by atoms with van der Waals surface area (Å²) in [6.45, 7) is 0. The Morgan fingerprint density at radius 1 is 0.327 bits per heavy atom. The highest BCUT2D eigenvalue weighted by Crippen LogP contribution is 2.43. The normalized spacial score (nSPS) is 12.2. The first-order valence-electron chi connectivity index (χ1n) is 17.7. The molecule has 0 saturated carbocycles. The van der Waals surface area contributed by atoms with E-state index in [0.717, 1.165) is 71.9 Å². The van der Waals surface area contributed by atoms with Crippen LogP contribution in [0.15, 0.2) is 179 Å². The minimum absolute atomic E-state index is 0.853. The lowest BCUT2D eigenvalue weighted by molar-refractivity contribution is 0.668. The predicted octanol–water partition coefficient (Wildman–Crippen LogP) is 13.3. The van der Waals surface area contributed by atoms with Gasteiger partial charge >= 0.3 is 0 Å². The first-order valence-corrected chi connectivity index (χ1v) is 17.7. The molecule has 0 aliphatic rings. The van der Waals surface area contributed by atoms with Crippen LogP contribution in [0.4, 0.5) is 0 Å². The standard InChI is InChI=1S/C48H28N2O2/c1-2-11-30(12-3-1)49-41-18-7-4-13-33(41)38-25-26-39-34-14-5-8-19-42(34)50(47(39)46(38)49)31-22-24-37-36-23-21-29(27-44(36)51-45(37)28-31)32-16-10-17-40-35-15-6-9-20-43(35)52-48(32)40/h1-28H. The second-order valence-corrected chi connectivity index (χ2v) is 13.7. The molecule has 12 aromatic rings. The number of rotatable bonds is 3. The van der Waals surface area contributed by atoms with Crippen molar-refractivity contribution in [2.45, 2.75) is 0 Å². The van der Waals surface area contributed by atoms with Crippen LogP contribution in [0.5, 0.6) is 0 Å². The van der Waals surface area contributed by atoms with Crippen LogP contribution in [-0.2, 0) is 0 Å². The summed E-state index contributed by atoms with van der Waals surface area (Å²) in [4.78, 5) is 0. The zero-order valence-corrected chi connectivity index (χ0v) is 27.9. The molecule has 8 aromatic carbocycles. The molecular weight excluding hydrogens is 637 g/mol. The molecule has 4 heterocycles. The maximum Gasteiger partial charge on any atom is 0.143 e. The summed E-state index contributed by atoms with van der Waals surface area (Å²) in [6, 6.07) is 60.5. The van der Waals surface area contributed by atoms with Crippen LogP contribution in [0, 0.1) is 0 Å². The Morgan fingerprint density at radius 3 is 1.63 bits per heavy atom. The van der Waals surface area contributed by atoms with E-state index >= 15 is 0 Å². The van der Waals surface area contributed by atoms with E-state index in [9.17, 15) is 0 Å². The smallest absolute Gasteiger partial charge is 0.143 e. The molecule has 4 aromatic heterocycles. The molecule has 4 nitrogen and oxygen atoms in total. The number of para-hydroxylation sites is 5. The number of benzene rings is 8. The zero-order chi connectivity index (χ0) is 33.9. The lowest BCUT2D eigenvalue weighted by atomic mass is 10.0. The summed E-state index contributed by atoms with van der Waals surface area (Å²) >= 11 is 0. The van der Waals surface area contributed by atoms with Gasteiger partial charge in [0.05, 0.1) is 27.8 Å². The average molecular weight is 665 g/mol. The zero-order valence-electron chi connectivity index (χ0n) is 27.9. The first kappa shape index (κ1) is 27.7. The highest BCUT2D eigenvalue weighted by Gasteiger charge is 2.22. The topological polar surface area (TPSA) is 36.1 Å². The molecule has 0 fully saturated rings. The van der Waals surface area contributed by atoms with Gasteiger partial charge in [-0.2, -0.15) is 0 Å². The van der Waals surface area contributed by atoms with Crippen molar-refractivity contribution in [3.8, 4) is 22.5 Å². The second kappa shape index (κ2) is 10.3. The van der Waals surface area contributed by atoms with Crippen LogP contribution in [0.2, 0.25) is 0 Å². The van der Waals surface area contributed by atoms with Crippen LogP contribution in [-0.4, -0.2) is 9.13 Å². The Bertz CT molecular complexity index is 3410. The van der Waals surface area contributed by atoms with Gasteiger partial charge in [-0.25, -0.2) is 0 Å². The van der Waals surface area contributed by atoms with Gasteiger partial charge in [0.25, 0.3) is 0 Å². The Kier molecular flexibility index (Phi) is 5.47. The van der Waals surface area contributed by atoms with Crippen molar-refractivity contribution in [2.75, 3.05) is 0 Å². The number of furan rings is 2. The molecule has 0 unspecified atom stereocenters. The van der Waals surface area contributed by atoms with Crippen LogP contribution in [0.25, 0.3) is 110 Å². The molecule has 0 atom stereocenters. The van der Waals surface area contributed by atoms with Gasteiger partial charge < -0.3 is 18.0 Å². The third kappa shape index (κ3) is 3.70. The number of nitrogens with zero attached hydrogens (tertiary/aromatic N) is 2. The van der Waals surface area contributed by atoms with Gasteiger partial charge in [0.1, 0.15) is 22.3 Å². The monoisotopic (exact) mass is 664 g/mol. The quantitative estimate of drug-likeness (QED) is 0.188. The second-order valence-electron chi connectivity index (χ2n) is 13.7. The Balaban J connectivity index is 1.11. The summed E-state index contributed by atoms with van der Waals surface area (Å²) in [7, 11) is 0. The predicted molar refractivity (Wildman–Crippen MR) is 215 cm³/mol. The fourth-order valence-electron chi connectivity index (χ4n) is 8.66. The lowest BCUT2D eigenvalue weighted by Gasteiger charge is -2.12. The molecule has 12 rings (SSSR count). The molecule has 0 saturated heterocycles. The van der Waals surface area contributed by atoms with Gasteiger partial charge in [-0.05, 0) is 60.2 Å². The molecular formula is C48H28N2O2. The SMILES string of the molecule is c1ccc(-n2c3ccccc3c3ccc4c5ccccc5n(-c5ccc6c(c5)oc5cc(-c7cccc8c7oc7ccccc78)ccc56)c4c32)cc1. The molecule has 0 amide bonds. The number of fused-ring (bicyclic) bond motifs is 13. The van der Waals surface area contributed by atoms with E-state index < -0.39 is 0 Å². The number of aromatic nitrogens is 2. The summed E-state index contributed by atoms with van der Waals surface area (Å²) in [5.41, 5.74) is 12.5. The van der Waals surface area contributed by atoms with Crippen LogP contribution >= 0.6 is 0 Å². The summed E-state index contributed by atoms with van der Waals surface area (Å²) in [6.07, 6.45) is 0. The van der Waals surface area contributed by atoms with E-state index in [1.807, 2.05) is 12.1 Å². The van der Waals surface area contributed by atoms with Crippen molar-refractivity contribution >= 4 is 87.5 Å². The first-order chi connectivity index (χ1) is 25.8. The van der Waals surface area contributed by atoms with E-state index in [4.69, 9.17) is 8.83 Å². The summed E-state index contributed by atoms with van der Waals surface area (Å²) in [5, 5.41) is 9.34. The van der Waals surface area contributed by atoms with Gasteiger partial charge in [0.2, 0.25) is 0 Å². The molecule has 0 aliphatic carbocycles. The highest BCUT2D eigenvalue weighted by molar-refractivity contribution is 6.24. The van der Waals surface area contributed by atoms with Crippen LogP contribution < -0.4 is 0 Å². The largest absolute Gasteiger partial charge is 0.456 e. The van der Waals surface area contributed by atoms with Crippen molar-refractivity contribution in [1.29, 1.82) is 0 Å². The van der Waals surface area contributed by atoms with E-state index in [1.165, 1.54) is 38.1 Å². The number of hydrogen-bond donors (Lipinski definition) is 0. The van der Waals surface area contributed by atoms with Gasteiger partial charge in [-0.1, -0.05) is 109 Å². The lowest BCUT2D eigenvalue weighted by Crippen LogP contribution is -1.98. The molecule has 0 spiro atoms. The fourth-order valence-corrected chi connectivity index (χ4v) is 8.66. The van der Waals surface area contributed by atoms with Gasteiger partial charge in [-0.15, -0.1) is 0 Å². The van der Waals surface area contributed by atoms with Crippen molar-refractivity contribution < 1.29 is 8.83 Å².